The van der Waals surface area contributed by atoms with E-state index in [0.29, 0.717) is 16.6 Å². The molecule has 8 heteroatoms. The molecule has 2 aliphatic heterocycles. The van der Waals surface area contributed by atoms with Gasteiger partial charge in [-0.15, -0.1) is 0 Å². The standard InChI is InChI=1S/C23H25F2N5O/c24-15-5-6-20(25)18(11-15)21-4-2-9-29(21)17-7-10-30-22(12-17)19(14-27-30)23(31)28-16-3-1-8-26-13-16/h5-7,10-12,14,16,21,26H,1-4,8-9,13H2,(H,28,31). The second-order valence-corrected chi connectivity index (χ2v) is 8.31. The molecule has 0 saturated carbocycles. The second kappa shape index (κ2) is 8.26. The van der Waals surface area contributed by atoms with E-state index in [-0.39, 0.29) is 18.0 Å². The van der Waals surface area contributed by atoms with Crippen LogP contribution in [0.15, 0.2) is 42.7 Å². The summed E-state index contributed by atoms with van der Waals surface area (Å²) in [6.45, 7) is 2.49. The summed E-state index contributed by atoms with van der Waals surface area (Å²) in [5, 5.41) is 10.7. The molecule has 0 spiro atoms. The SMILES string of the molecule is O=C(NC1CCCNC1)c1cnn2ccc(N3CCCC3c3cc(F)ccc3F)cc12. The number of pyridine rings is 1. The summed E-state index contributed by atoms with van der Waals surface area (Å²) in [6, 6.07) is 7.29. The first-order valence-corrected chi connectivity index (χ1v) is 10.8. The average Bonchev–Trinajstić information content (AvgIpc) is 3.43. The molecule has 2 saturated heterocycles. The predicted molar refractivity (Wildman–Crippen MR) is 114 cm³/mol. The topological polar surface area (TPSA) is 61.7 Å². The van der Waals surface area contributed by atoms with Crippen LogP contribution in [0.1, 0.15) is 47.6 Å². The lowest BCUT2D eigenvalue weighted by atomic mass is 10.0. The number of nitrogens with one attached hydrogen (secondary N) is 2. The zero-order valence-electron chi connectivity index (χ0n) is 17.2. The first-order valence-electron chi connectivity index (χ1n) is 10.8. The second-order valence-electron chi connectivity index (χ2n) is 8.31. The van der Waals surface area contributed by atoms with Gasteiger partial charge in [-0.2, -0.15) is 5.10 Å². The van der Waals surface area contributed by atoms with Crippen LogP contribution >= 0.6 is 0 Å². The van der Waals surface area contributed by atoms with Gasteiger partial charge in [-0.05, 0) is 62.6 Å². The van der Waals surface area contributed by atoms with Gasteiger partial charge in [0, 0.05) is 36.6 Å². The highest BCUT2D eigenvalue weighted by Crippen LogP contribution is 2.38. The number of carbonyl (C=O) groups excluding carboxylic acids is 1. The number of benzene rings is 1. The fourth-order valence-electron chi connectivity index (χ4n) is 4.73. The lowest BCUT2D eigenvalue weighted by Gasteiger charge is -2.27. The lowest BCUT2D eigenvalue weighted by molar-refractivity contribution is 0.0932. The number of carbonyl (C=O) groups is 1. The van der Waals surface area contributed by atoms with Gasteiger partial charge in [0.2, 0.25) is 0 Å². The van der Waals surface area contributed by atoms with E-state index in [9.17, 15) is 13.6 Å². The van der Waals surface area contributed by atoms with E-state index in [4.69, 9.17) is 0 Å². The normalized spacial score (nSPS) is 21.5. The number of fused-ring (bicyclic) bond motifs is 1. The maximum atomic E-state index is 14.4. The Morgan fingerprint density at radius 3 is 2.90 bits per heavy atom. The van der Waals surface area contributed by atoms with E-state index in [2.05, 4.69) is 20.6 Å². The van der Waals surface area contributed by atoms with Crippen molar-refractivity contribution in [2.24, 2.45) is 0 Å². The molecule has 31 heavy (non-hydrogen) atoms. The van der Waals surface area contributed by atoms with Crippen LogP contribution in [-0.4, -0.2) is 41.2 Å². The maximum absolute atomic E-state index is 14.4. The number of anilines is 1. The Morgan fingerprint density at radius 2 is 2.06 bits per heavy atom. The third-order valence-electron chi connectivity index (χ3n) is 6.28. The Labute approximate surface area is 179 Å². The molecule has 2 atom stereocenters. The molecule has 0 aliphatic carbocycles. The van der Waals surface area contributed by atoms with Gasteiger partial charge in [-0.3, -0.25) is 4.79 Å². The van der Waals surface area contributed by atoms with Gasteiger partial charge in [0.1, 0.15) is 11.6 Å². The van der Waals surface area contributed by atoms with Crippen molar-refractivity contribution in [3.05, 3.63) is 65.5 Å². The highest BCUT2D eigenvalue weighted by atomic mass is 19.1. The highest BCUT2D eigenvalue weighted by Gasteiger charge is 2.29. The molecule has 2 N–H and O–H groups in total. The molecular weight excluding hydrogens is 400 g/mol. The van der Waals surface area contributed by atoms with Crippen LogP contribution in [0.5, 0.6) is 0 Å². The molecule has 2 aromatic heterocycles. The van der Waals surface area contributed by atoms with Gasteiger partial charge >= 0.3 is 0 Å². The van der Waals surface area contributed by atoms with Crippen LogP contribution in [0, 0.1) is 11.6 Å². The molecule has 1 amide bonds. The number of amides is 1. The largest absolute Gasteiger partial charge is 0.364 e. The van der Waals surface area contributed by atoms with Gasteiger partial charge < -0.3 is 15.5 Å². The molecular formula is C23H25F2N5O. The van der Waals surface area contributed by atoms with E-state index in [1.165, 1.54) is 12.1 Å². The third kappa shape index (κ3) is 3.87. The van der Waals surface area contributed by atoms with Crippen molar-refractivity contribution in [2.75, 3.05) is 24.5 Å². The van der Waals surface area contributed by atoms with Gasteiger partial charge in [0.05, 0.1) is 23.3 Å². The van der Waals surface area contributed by atoms with E-state index in [1.807, 2.05) is 12.1 Å². The van der Waals surface area contributed by atoms with Crippen LogP contribution < -0.4 is 15.5 Å². The minimum Gasteiger partial charge on any atom is -0.364 e. The Balaban J connectivity index is 1.44. The first kappa shape index (κ1) is 19.9. The molecule has 0 bridgehead atoms. The number of rotatable bonds is 4. The van der Waals surface area contributed by atoms with Gasteiger partial charge in [0.15, 0.2) is 0 Å². The number of aromatic nitrogens is 2. The zero-order chi connectivity index (χ0) is 21.4. The Kier molecular flexibility index (Phi) is 5.31. The molecule has 162 valence electrons. The molecule has 4 heterocycles. The predicted octanol–water partition coefficient (Wildman–Crippen LogP) is 3.44. The van der Waals surface area contributed by atoms with Gasteiger partial charge in [-0.1, -0.05) is 0 Å². The third-order valence-corrected chi connectivity index (χ3v) is 6.28. The van der Waals surface area contributed by atoms with Crippen molar-refractivity contribution < 1.29 is 13.6 Å². The van der Waals surface area contributed by atoms with Crippen molar-refractivity contribution in [1.82, 2.24) is 20.2 Å². The number of hydrogen-bond donors (Lipinski definition) is 2. The van der Waals surface area contributed by atoms with E-state index in [0.717, 1.165) is 57.1 Å². The first-order chi connectivity index (χ1) is 15.1. The summed E-state index contributed by atoms with van der Waals surface area (Å²) in [4.78, 5) is 15.0. The quantitative estimate of drug-likeness (QED) is 0.672. The van der Waals surface area contributed by atoms with Crippen LogP contribution in [0.3, 0.4) is 0 Å². The summed E-state index contributed by atoms with van der Waals surface area (Å²) >= 11 is 0. The van der Waals surface area contributed by atoms with Gasteiger partial charge in [-0.25, -0.2) is 13.3 Å². The molecule has 2 unspecified atom stereocenters. The van der Waals surface area contributed by atoms with Crippen LogP contribution in [0.2, 0.25) is 0 Å². The summed E-state index contributed by atoms with van der Waals surface area (Å²) in [5.41, 5.74) is 2.45. The average molecular weight is 425 g/mol. The minimum atomic E-state index is -0.439. The van der Waals surface area contributed by atoms with E-state index < -0.39 is 11.6 Å². The lowest BCUT2D eigenvalue weighted by Crippen LogP contribution is -2.45. The Morgan fingerprint density at radius 1 is 1.16 bits per heavy atom. The summed E-state index contributed by atoms with van der Waals surface area (Å²) in [6.07, 6.45) is 7.01. The molecule has 1 aromatic carbocycles. The highest BCUT2D eigenvalue weighted by molar-refractivity contribution is 6.01. The van der Waals surface area contributed by atoms with Crippen molar-refractivity contribution in [2.45, 2.75) is 37.8 Å². The Bertz CT molecular complexity index is 1110. The fourth-order valence-corrected chi connectivity index (χ4v) is 4.73. The van der Waals surface area contributed by atoms with Crippen LogP contribution in [-0.2, 0) is 0 Å². The summed E-state index contributed by atoms with van der Waals surface area (Å²) < 4.78 is 29.9. The summed E-state index contributed by atoms with van der Waals surface area (Å²) in [7, 11) is 0. The fraction of sp³-hybridized carbons (Fsp3) is 0.391. The monoisotopic (exact) mass is 425 g/mol. The van der Waals surface area contributed by atoms with Crippen molar-refractivity contribution in [3.63, 3.8) is 0 Å². The van der Waals surface area contributed by atoms with E-state index >= 15 is 0 Å². The minimum absolute atomic E-state index is 0.110. The molecule has 5 rings (SSSR count). The molecule has 2 aliphatic rings. The van der Waals surface area contributed by atoms with Crippen molar-refractivity contribution >= 4 is 17.1 Å². The number of halogens is 2. The van der Waals surface area contributed by atoms with Gasteiger partial charge in [0.25, 0.3) is 5.91 Å². The van der Waals surface area contributed by atoms with Crippen LogP contribution in [0.4, 0.5) is 14.5 Å². The maximum Gasteiger partial charge on any atom is 0.255 e. The number of piperidine rings is 1. The van der Waals surface area contributed by atoms with Crippen molar-refractivity contribution in [3.8, 4) is 0 Å². The molecule has 6 nitrogen and oxygen atoms in total. The zero-order valence-corrected chi connectivity index (χ0v) is 17.2. The van der Waals surface area contributed by atoms with Crippen LogP contribution in [0.25, 0.3) is 5.52 Å². The smallest absolute Gasteiger partial charge is 0.255 e. The number of hydrogen-bond acceptors (Lipinski definition) is 4. The molecule has 0 radical (unpaired) electrons. The Hall–Kier alpha value is -3.00. The molecule has 2 fully saturated rings. The molecule has 3 aromatic rings. The summed E-state index contributed by atoms with van der Waals surface area (Å²) in [5.74, 6) is -0.981. The van der Waals surface area contributed by atoms with Crippen molar-refractivity contribution in [1.29, 1.82) is 0 Å². The number of nitrogens with zero attached hydrogens (tertiary/aromatic N) is 3. The van der Waals surface area contributed by atoms with E-state index in [1.54, 1.807) is 16.9 Å².